The van der Waals surface area contributed by atoms with Gasteiger partial charge < -0.3 is 4.90 Å². The number of hydrogen-bond donors (Lipinski definition) is 0. The number of carbonyl (C=O) groups is 1. The second kappa shape index (κ2) is 8.85. The number of thioether (sulfide) groups is 1. The standard InChI is InChI=1S/C21H27N3O3S2/c1-15(2)21-23(29(26,27)18-10-8-16(3)9-11-18)13-17(4)24(21)20(25)14-28-19-7-5-6-12-22-19/h5-12,15,17,21H,13-14H2,1-4H3/t17-,21+/m1/s1. The number of sulfonamides is 1. The van der Waals surface area contributed by atoms with Crippen molar-refractivity contribution in [3.63, 3.8) is 0 Å². The van der Waals surface area contributed by atoms with E-state index in [2.05, 4.69) is 4.98 Å². The van der Waals surface area contributed by atoms with Gasteiger partial charge in [-0.05, 0) is 44.0 Å². The van der Waals surface area contributed by atoms with Crippen LogP contribution in [-0.4, -0.2) is 53.0 Å². The molecule has 0 unspecified atom stereocenters. The molecule has 1 amide bonds. The molecular weight excluding hydrogens is 406 g/mol. The Kier molecular flexibility index (Phi) is 6.65. The summed E-state index contributed by atoms with van der Waals surface area (Å²) in [5.41, 5.74) is 1.00. The molecule has 0 N–H and O–H groups in total. The normalized spacial score (nSPS) is 20.4. The van der Waals surface area contributed by atoms with Crippen molar-refractivity contribution in [3.8, 4) is 0 Å². The van der Waals surface area contributed by atoms with Gasteiger partial charge in [0, 0.05) is 18.8 Å². The highest BCUT2D eigenvalue weighted by molar-refractivity contribution is 7.99. The van der Waals surface area contributed by atoms with Crippen LogP contribution in [0, 0.1) is 12.8 Å². The summed E-state index contributed by atoms with van der Waals surface area (Å²) in [6.07, 6.45) is 1.19. The van der Waals surface area contributed by atoms with Gasteiger partial charge in [-0.2, -0.15) is 4.31 Å². The van der Waals surface area contributed by atoms with E-state index in [0.717, 1.165) is 10.6 Å². The van der Waals surface area contributed by atoms with Crippen LogP contribution in [-0.2, 0) is 14.8 Å². The summed E-state index contributed by atoms with van der Waals surface area (Å²) in [5.74, 6) is 0.112. The molecule has 1 aromatic carbocycles. The van der Waals surface area contributed by atoms with E-state index in [4.69, 9.17) is 0 Å². The van der Waals surface area contributed by atoms with Crippen molar-refractivity contribution in [3.05, 3.63) is 54.2 Å². The number of pyridine rings is 1. The van der Waals surface area contributed by atoms with Gasteiger partial charge in [0.05, 0.1) is 15.7 Å². The van der Waals surface area contributed by atoms with Crippen LogP contribution in [0.1, 0.15) is 26.3 Å². The molecule has 1 fully saturated rings. The van der Waals surface area contributed by atoms with Crippen molar-refractivity contribution >= 4 is 27.7 Å². The molecule has 0 bridgehead atoms. The maximum absolute atomic E-state index is 13.3. The molecule has 0 saturated carbocycles. The molecule has 0 radical (unpaired) electrons. The van der Waals surface area contributed by atoms with E-state index in [9.17, 15) is 13.2 Å². The Bertz CT molecular complexity index is 947. The summed E-state index contributed by atoms with van der Waals surface area (Å²) in [7, 11) is -3.70. The van der Waals surface area contributed by atoms with Crippen LogP contribution in [0.15, 0.2) is 58.6 Å². The molecule has 29 heavy (non-hydrogen) atoms. The molecular formula is C21H27N3O3S2. The van der Waals surface area contributed by atoms with E-state index in [1.807, 2.05) is 45.9 Å². The fourth-order valence-electron chi connectivity index (χ4n) is 3.63. The lowest BCUT2D eigenvalue weighted by molar-refractivity contribution is -0.132. The Hall–Kier alpha value is -1.90. The Morgan fingerprint density at radius 3 is 2.48 bits per heavy atom. The predicted molar refractivity (Wildman–Crippen MR) is 115 cm³/mol. The maximum atomic E-state index is 13.3. The fourth-order valence-corrected chi connectivity index (χ4v) is 6.15. The molecule has 2 atom stereocenters. The van der Waals surface area contributed by atoms with Gasteiger partial charge in [0.2, 0.25) is 15.9 Å². The van der Waals surface area contributed by atoms with E-state index >= 15 is 0 Å². The second-order valence-electron chi connectivity index (χ2n) is 7.65. The van der Waals surface area contributed by atoms with Gasteiger partial charge in [0.15, 0.2) is 0 Å². The molecule has 0 aliphatic carbocycles. The highest BCUT2D eigenvalue weighted by atomic mass is 32.2. The first kappa shape index (κ1) is 21.8. The third kappa shape index (κ3) is 4.65. The number of hydrogen-bond acceptors (Lipinski definition) is 5. The topological polar surface area (TPSA) is 70.6 Å². The maximum Gasteiger partial charge on any atom is 0.244 e. The predicted octanol–water partition coefficient (Wildman–Crippen LogP) is 3.39. The zero-order valence-electron chi connectivity index (χ0n) is 17.1. The van der Waals surface area contributed by atoms with Crippen LogP contribution in [0.2, 0.25) is 0 Å². The van der Waals surface area contributed by atoms with Gasteiger partial charge in [-0.1, -0.05) is 49.4 Å². The smallest absolute Gasteiger partial charge is 0.244 e. The lowest BCUT2D eigenvalue weighted by Gasteiger charge is -2.33. The van der Waals surface area contributed by atoms with Gasteiger partial charge in [-0.3, -0.25) is 4.79 Å². The largest absolute Gasteiger partial charge is 0.321 e. The van der Waals surface area contributed by atoms with Crippen LogP contribution < -0.4 is 0 Å². The van der Waals surface area contributed by atoms with E-state index in [-0.39, 0.29) is 28.5 Å². The quantitative estimate of drug-likeness (QED) is 0.653. The SMILES string of the molecule is Cc1ccc(S(=O)(=O)N2C[C@@H](C)N(C(=O)CSc3ccccn3)[C@H]2C(C)C)cc1. The van der Waals surface area contributed by atoms with Gasteiger partial charge in [-0.25, -0.2) is 13.4 Å². The van der Waals surface area contributed by atoms with Gasteiger partial charge in [0.1, 0.15) is 6.17 Å². The van der Waals surface area contributed by atoms with Crippen molar-refractivity contribution < 1.29 is 13.2 Å². The highest BCUT2D eigenvalue weighted by Crippen LogP contribution is 2.32. The van der Waals surface area contributed by atoms with Gasteiger partial charge in [-0.15, -0.1) is 0 Å². The van der Waals surface area contributed by atoms with E-state index < -0.39 is 16.2 Å². The first-order valence-electron chi connectivity index (χ1n) is 9.65. The average molecular weight is 434 g/mol. The number of benzene rings is 1. The first-order valence-corrected chi connectivity index (χ1v) is 12.1. The first-order chi connectivity index (χ1) is 13.7. The number of carbonyl (C=O) groups excluding carboxylic acids is 1. The summed E-state index contributed by atoms with van der Waals surface area (Å²) in [4.78, 5) is 19.3. The van der Waals surface area contributed by atoms with Crippen LogP contribution in [0.3, 0.4) is 0 Å². The zero-order valence-corrected chi connectivity index (χ0v) is 18.8. The van der Waals surface area contributed by atoms with Crippen molar-refractivity contribution in [1.29, 1.82) is 0 Å². The zero-order chi connectivity index (χ0) is 21.2. The molecule has 2 heterocycles. The summed E-state index contributed by atoms with van der Waals surface area (Å²) in [6.45, 7) is 8.02. The Morgan fingerprint density at radius 1 is 1.21 bits per heavy atom. The average Bonchev–Trinajstić information content (AvgIpc) is 3.05. The number of amides is 1. The van der Waals surface area contributed by atoms with Crippen LogP contribution in [0.5, 0.6) is 0 Å². The highest BCUT2D eigenvalue weighted by Gasteiger charge is 2.47. The summed E-state index contributed by atoms with van der Waals surface area (Å²) >= 11 is 1.37. The minimum absolute atomic E-state index is 0.0380. The molecule has 156 valence electrons. The molecule has 6 nitrogen and oxygen atoms in total. The third-order valence-electron chi connectivity index (χ3n) is 4.99. The lowest BCUT2D eigenvalue weighted by Crippen LogP contribution is -2.49. The molecule has 1 aliphatic rings. The fraction of sp³-hybridized carbons (Fsp3) is 0.429. The molecule has 1 saturated heterocycles. The van der Waals surface area contributed by atoms with E-state index in [0.29, 0.717) is 6.54 Å². The number of rotatable bonds is 6. The number of aromatic nitrogens is 1. The molecule has 0 spiro atoms. The molecule has 1 aliphatic heterocycles. The van der Waals surface area contributed by atoms with Gasteiger partial charge in [0.25, 0.3) is 0 Å². The molecule has 8 heteroatoms. The Balaban J connectivity index is 1.84. The number of aryl methyl sites for hydroxylation is 1. The van der Waals surface area contributed by atoms with Crippen molar-refractivity contribution in [1.82, 2.24) is 14.2 Å². The van der Waals surface area contributed by atoms with Crippen LogP contribution >= 0.6 is 11.8 Å². The molecule has 1 aromatic heterocycles. The van der Waals surface area contributed by atoms with Crippen molar-refractivity contribution in [2.75, 3.05) is 12.3 Å². The Morgan fingerprint density at radius 2 is 1.90 bits per heavy atom. The summed E-state index contributed by atoms with van der Waals surface area (Å²) in [6, 6.07) is 12.2. The third-order valence-corrected chi connectivity index (χ3v) is 7.77. The van der Waals surface area contributed by atoms with Crippen molar-refractivity contribution in [2.24, 2.45) is 5.92 Å². The van der Waals surface area contributed by atoms with Crippen LogP contribution in [0.25, 0.3) is 0 Å². The van der Waals surface area contributed by atoms with E-state index in [1.54, 1.807) is 35.4 Å². The second-order valence-corrected chi connectivity index (χ2v) is 10.5. The summed E-state index contributed by atoms with van der Waals surface area (Å²) < 4.78 is 28.1. The molecule has 3 rings (SSSR count). The van der Waals surface area contributed by atoms with Crippen molar-refractivity contribution in [2.45, 2.75) is 49.8 Å². The lowest BCUT2D eigenvalue weighted by atomic mass is 10.1. The van der Waals surface area contributed by atoms with E-state index in [1.165, 1.54) is 16.1 Å². The minimum atomic E-state index is -3.70. The monoisotopic (exact) mass is 433 g/mol. The van der Waals surface area contributed by atoms with Crippen LogP contribution in [0.4, 0.5) is 0 Å². The van der Waals surface area contributed by atoms with Gasteiger partial charge >= 0.3 is 0 Å². The summed E-state index contributed by atoms with van der Waals surface area (Å²) in [5, 5.41) is 0.776. The molecule has 2 aromatic rings. The minimum Gasteiger partial charge on any atom is -0.321 e. The Labute approximate surface area is 177 Å². The number of nitrogens with zero attached hydrogens (tertiary/aromatic N) is 3.